The highest BCUT2D eigenvalue weighted by atomic mass is 35.5. The zero-order valence-electron chi connectivity index (χ0n) is 29.2. The van der Waals surface area contributed by atoms with Crippen molar-refractivity contribution in [3.8, 4) is 11.5 Å². The van der Waals surface area contributed by atoms with Crippen molar-refractivity contribution < 1.29 is 41.7 Å². The number of esters is 2. The Morgan fingerprint density at radius 3 is 2.38 bits per heavy atom. The molecule has 0 amide bonds. The fourth-order valence-corrected chi connectivity index (χ4v) is 7.17. The number of allylic oxidation sites excluding steroid dienone is 2. The van der Waals surface area contributed by atoms with Gasteiger partial charge in [-0.05, 0) is 105 Å². The number of anilines is 1. The minimum absolute atomic E-state index is 0.000743. The van der Waals surface area contributed by atoms with E-state index in [1.54, 1.807) is 25.1 Å². The van der Waals surface area contributed by atoms with E-state index >= 15 is 4.39 Å². The Balaban J connectivity index is 1.25. The molecule has 53 heavy (non-hydrogen) atoms. The number of halogens is 5. The molecule has 3 aromatic carbocycles. The molecule has 7 rings (SSSR count). The minimum atomic E-state index is -3.08. The van der Waals surface area contributed by atoms with E-state index in [4.69, 9.17) is 42.1 Å². The molecule has 8 nitrogen and oxygen atoms in total. The van der Waals surface area contributed by atoms with E-state index in [1.165, 1.54) is 48.5 Å². The van der Waals surface area contributed by atoms with Gasteiger partial charge < -0.3 is 24.3 Å². The maximum Gasteiger partial charge on any atom is 0.387 e. The highest BCUT2D eigenvalue weighted by Crippen LogP contribution is 2.39. The largest absolute Gasteiger partial charge is 0.489 e. The summed E-state index contributed by atoms with van der Waals surface area (Å²) < 4.78 is 64.3. The number of hydrogen-bond donors (Lipinski definition) is 1. The van der Waals surface area contributed by atoms with Crippen molar-refractivity contribution in [1.82, 2.24) is 4.90 Å². The standard InChI is InChI=1S/C40H41Cl2F3N2O6/c1-23(41)31(24(2)42)20-34(27-12-13-33(53-40(44)45)35(19-27)50-22-25-10-11-25)51-38(48)28-6-5-7-29(18-28)46-37(30-8-3-4-9-32(30)43)39(49)52-36-21-47-16-14-26(36)15-17-47/h3-9,12-13,18-19,25-26,34,36-37,40,46H,1,10-11,14-17,20-22H2,2H3/b31-24+/t34-,36-,37?/m0/s1. The van der Waals surface area contributed by atoms with Crippen molar-refractivity contribution >= 4 is 40.8 Å². The van der Waals surface area contributed by atoms with Gasteiger partial charge in [-0.3, -0.25) is 4.90 Å². The molecule has 4 fully saturated rings. The highest BCUT2D eigenvalue weighted by Gasteiger charge is 2.38. The van der Waals surface area contributed by atoms with Crippen LogP contribution in [0.1, 0.15) is 72.7 Å². The number of fused-ring (bicyclic) bond motifs is 3. The maximum atomic E-state index is 15.2. The molecule has 0 radical (unpaired) electrons. The third-order valence-electron chi connectivity index (χ3n) is 9.83. The zero-order valence-corrected chi connectivity index (χ0v) is 30.7. The third-order valence-corrected chi connectivity index (χ3v) is 10.3. The molecule has 3 aliphatic heterocycles. The van der Waals surface area contributed by atoms with Gasteiger partial charge in [0.2, 0.25) is 0 Å². The van der Waals surface area contributed by atoms with E-state index in [2.05, 4.69) is 16.8 Å². The minimum Gasteiger partial charge on any atom is -0.489 e. The zero-order chi connectivity index (χ0) is 37.6. The van der Waals surface area contributed by atoms with E-state index < -0.39 is 36.5 Å². The summed E-state index contributed by atoms with van der Waals surface area (Å²) in [5.41, 5.74) is 1.37. The lowest BCUT2D eigenvalue weighted by molar-refractivity contribution is -0.160. The van der Waals surface area contributed by atoms with E-state index in [1.807, 2.05) is 0 Å². The Morgan fingerprint density at radius 2 is 1.74 bits per heavy atom. The highest BCUT2D eigenvalue weighted by molar-refractivity contribution is 6.35. The second kappa shape index (κ2) is 17.3. The molecule has 2 bridgehead atoms. The Bertz CT molecular complexity index is 1840. The summed E-state index contributed by atoms with van der Waals surface area (Å²) in [4.78, 5) is 29.8. The molecular weight excluding hydrogens is 732 g/mol. The number of alkyl halides is 2. The van der Waals surface area contributed by atoms with Crippen molar-refractivity contribution in [2.24, 2.45) is 11.8 Å². The average molecular weight is 774 g/mol. The van der Waals surface area contributed by atoms with Crippen LogP contribution in [0.2, 0.25) is 0 Å². The Labute approximate surface area is 316 Å². The fourth-order valence-electron chi connectivity index (χ4n) is 6.71. The van der Waals surface area contributed by atoms with Gasteiger partial charge in [-0.2, -0.15) is 8.78 Å². The van der Waals surface area contributed by atoms with Crippen LogP contribution in [0.4, 0.5) is 18.9 Å². The molecule has 0 spiro atoms. The first kappa shape index (κ1) is 38.5. The number of ether oxygens (including phenoxy) is 4. The molecular formula is C40H41Cl2F3N2O6. The van der Waals surface area contributed by atoms with Crippen LogP contribution in [0.5, 0.6) is 11.5 Å². The molecule has 1 N–H and O–H groups in total. The van der Waals surface area contributed by atoms with Crippen molar-refractivity contribution in [3.05, 3.63) is 111 Å². The summed E-state index contributed by atoms with van der Waals surface area (Å²) in [5, 5.41) is 3.55. The molecule has 13 heteroatoms. The van der Waals surface area contributed by atoms with Gasteiger partial charge in [0, 0.05) is 34.3 Å². The lowest BCUT2D eigenvalue weighted by Crippen LogP contribution is -2.52. The third kappa shape index (κ3) is 10.1. The van der Waals surface area contributed by atoms with Crippen LogP contribution in [-0.4, -0.2) is 55.8 Å². The summed E-state index contributed by atoms with van der Waals surface area (Å²) in [7, 11) is 0. The molecule has 0 aromatic heterocycles. The molecule has 3 saturated heterocycles. The summed E-state index contributed by atoms with van der Waals surface area (Å²) in [6.07, 6.45) is 2.50. The lowest BCUT2D eigenvalue weighted by Gasteiger charge is -2.44. The molecule has 1 saturated carbocycles. The van der Waals surface area contributed by atoms with Gasteiger partial charge >= 0.3 is 18.6 Å². The van der Waals surface area contributed by atoms with Crippen LogP contribution >= 0.6 is 23.2 Å². The van der Waals surface area contributed by atoms with E-state index in [0.29, 0.717) is 40.9 Å². The molecule has 3 atom stereocenters. The molecule has 1 unspecified atom stereocenters. The van der Waals surface area contributed by atoms with Crippen LogP contribution in [0.3, 0.4) is 0 Å². The van der Waals surface area contributed by atoms with E-state index in [-0.39, 0.29) is 46.1 Å². The predicted octanol–water partition coefficient (Wildman–Crippen LogP) is 9.56. The van der Waals surface area contributed by atoms with Crippen LogP contribution < -0.4 is 14.8 Å². The number of hydrogen-bond acceptors (Lipinski definition) is 8. The van der Waals surface area contributed by atoms with E-state index in [9.17, 15) is 18.4 Å². The number of nitrogens with zero attached hydrogens (tertiary/aromatic N) is 1. The van der Waals surface area contributed by atoms with Gasteiger partial charge in [0.25, 0.3) is 0 Å². The summed E-state index contributed by atoms with van der Waals surface area (Å²) in [6.45, 7) is 5.22. The van der Waals surface area contributed by atoms with Crippen molar-refractivity contribution in [3.63, 3.8) is 0 Å². The monoisotopic (exact) mass is 772 g/mol. The summed E-state index contributed by atoms with van der Waals surface area (Å²) in [5.74, 6) is -1.48. The first-order valence-electron chi connectivity index (χ1n) is 17.6. The van der Waals surface area contributed by atoms with E-state index in [0.717, 1.165) is 38.8 Å². The first-order valence-corrected chi connectivity index (χ1v) is 18.4. The van der Waals surface area contributed by atoms with Crippen LogP contribution in [-0.2, 0) is 14.3 Å². The van der Waals surface area contributed by atoms with Gasteiger partial charge in [0.1, 0.15) is 18.0 Å². The second-order valence-corrected chi connectivity index (χ2v) is 14.7. The SMILES string of the molecule is C=C(Cl)/C(C[C@H](OC(=O)c1cccc(NC(C(=O)O[C@H]2CN3CCC2CC3)c2ccccc2F)c1)c1ccc(OC(F)F)c(OCC2CC2)c1)=C(\C)Cl. The number of rotatable bonds is 16. The normalized spacial score (nSPS) is 20.9. The quantitative estimate of drug-likeness (QED) is 0.114. The molecule has 1 aliphatic carbocycles. The lowest BCUT2D eigenvalue weighted by atomic mass is 9.86. The molecule has 3 aromatic rings. The molecule has 282 valence electrons. The smallest absolute Gasteiger partial charge is 0.387 e. The summed E-state index contributed by atoms with van der Waals surface area (Å²) >= 11 is 12.6. The molecule has 3 heterocycles. The maximum absolute atomic E-state index is 15.2. The van der Waals surface area contributed by atoms with Gasteiger partial charge in [-0.15, -0.1) is 0 Å². The second-order valence-electron chi connectivity index (χ2n) is 13.6. The van der Waals surface area contributed by atoms with Gasteiger partial charge in [-0.25, -0.2) is 14.0 Å². The van der Waals surface area contributed by atoms with Crippen LogP contribution in [0.15, 0.2) is 88.9 Å². The number of nitrogens with one attached hydrogen (secondary N) is 1. The Kier molecular flexibility index (Phi) is 12.6. The molecule has 4 aliphatic rings. The van der Waals surface area contributed by atoms with Crippen molar-refractivity contribution in [2.75, 3.05) is 31.6 Å². The number of carbonyl (C=O) groups is 2. The van der Waals surface area contributed by atoms with Gasteiger partial charge in [-0.1, -0.05) is 60.1 Å². The first-order chi connectivity index (χ1) is 25.4. The van der Waals surface area contributed by atoms with Crippen molar-refractivity contribution in [1.29, 1.82) is 0 Å². The topological polar surface area (TPSA) is 86.3 Å². The van der Waals surface area contributed by atoms with Crippen molar-refractivity contribution in [2.45, 2.75) is 63.9 Å². The average Bonchev–Trinajstić information content (AvgIpc) is 3.97. The van der Waals surface area contributed by atoms with Crippen LogP contribution in [0.25, 0.3) is 0 Å². The number of carbonyl (C=O) groups excluding carboxylic acids is 2. The van der Waals surface area contributed by atoms with Gasteiger partial charge in [0.15, 0.2) is 17.5 Å². The summed E-state index contributed by atoms with van der Waals surface area (Å²) in [6, 6.07) is 15.3. The Morgan fingerprint density at radius 1 is 0.981 bits per heavy atom. The number of benzene rings is 3. The predicted molar refractivity (Wildman–Crippen MR) is 196 cm³/mol. The van der Waals surface area contributed by atoms with Crippen LogP contribution in [0, 0.1) is 17.7 Å². The number of piperidine rings is 3. The Hall–Kier alpha value is -4.19. The van der Waals surface area contributed by atoms with Gasteiger partial charge in [0.05, 0.1) is 12.2 Å². The fraction of sp³-hybridized carbons (Fsp3) is 0.400.